The van der Waals surface area contributed by atoms with Crippen LogP contribution in [0.15, 0.2) is 42.5 Å². The Morgan fingerprint density at radius 3 is 2.53 bits per heavy atom. The summed E-state index contributed by atoms with van der Waals surface area (Å²) in [5, 5.41) is 5.62. The van der Waals surface area contributed by atoms with Gasteiger partial charge in [-0.1, -0.05) is 35.9 Å². The van der Waals surface area contributed by atoms with Crippen molar-refractivity contribution in [3.05, 3.63) is 59.2 Å². The molecule has 0 N–H and O–H groups in total. The van der Waals surface area contributed by atoms with Gasteiger partial charge in [-0.3, -0.25) is 0 Å². The summed E-state index contributed by atoms with van der Waals surface area (Å²) in [5.41, 5.74) is 4.52. The lowest BCUT2D eigenvalue weighted by molar-refractivity contribution is 0.690. The van der Waals surface area contributed by atoms with E-state index >= 15 is 0 Å². The maximum atomic E-state index is 2.40. The largest absolute Gasteiger partial charge is 0.0587 e. The minimum atomic E-state index is 1.25. The molecular formula is C19H18. The normalized spacial score (nSPS) is 14.8. The summed E-state index contributed by atoms with van der Waals surface area (Å²) in [6.07, 6.45) is 5.21. The first-order valence-corrected chi connectivity index (χ1v) is 7.26. The first-order chi connectivity index (χ1) is 9.31. The Bertz CT molecular complexity index is 781. The third kappa shape index (κ3) is 1.74. The van der Waals surface area contributed by atoms with E-state index in [1.165, 1.54) is 52.8 Å². The maximum Gasteiger partial charge on any atom is -0.0143 e. The van der Waals surface area contributed by atoms with E-state index < -0.39 is 0 Å². The minimum absolute atomic E-state index is 1.25. The fraction of sp³-hybridized carbons (Fsp3) is 0.263. The third-order valence-corrected chi connectivity index (χ3v) is 4.46. The van der Waals surface area contributed by atoms with E-state index in [-0.39, 0.29) is 0 Å². The van der Waals surface area contributed by atoms with Crippen molar-refractivity contribution in [1.29, 1.82) is 0 Å². The molecule has 0 saturated carbocycles. The van der Waals surface area contributed by atoms with Gasteiger partial charge in [0.25, 0.3) is 0 Å². The molecular weight excluding hydrogens is 228 g/mol. The number of rotatable bonds is 0. The summed E-state index contributed by atoms with van der Waals surface area (Å²) in [6.45, 7) is 2.16. The topological polar surface area (TPSA) is 0 Å². The van der Waals surface area contributed by atoms with Gasteiger partial charge < -0.3 is 0 Å². The zero-order valence-corrected chi connectivity index (χ0v) is 11.4. The molecule has 0 saturated heterocycles. The molecule has 19 heavy (non-hydrogen) atoms. The number of benzene rings is 3. The standard InChI is InChI=1S/C19H18/c1-13-6-7-15-12-19-16(11-17(15)10-13)9-8-14-4-2-3-5-18(14)19/h6-12H,2-5H2,1H3. The van der Waals surface area contributed by atoms with Gasteiger partial charge in [0, 0.05) is 0 Å². The fourth-order valence-electron chi connectivity index (χ4n) is 3.44. The first-order valence-electron chi connectivity index (χ1n) is 7.26. The Kier molecular flexibility index (Phi) is 2.38. The first kappa shape index (κ1) is 11.0. The van der Waals surface area contributed by atoms with E-state index in [4.69, 9.17) is 0 Å². The highest BCUT2D eigenvalue weighted by Crippen LogP contribution is 2.32. The van der Waals surface area contributed by atoms with Crippen LogP contribution >= 0.6 is 0 Å². The predicted octanol–water partition coefficient (Wildman–Crippen LogP) is 5.18. The van der Waals surface area contributed by atoms with E-state index in [1.54, 1.807) is 11.1 Å². The molecule has 0 heterocycles. The van der Waals surface area contributed by atoms with Gasteiger partial charge in [0.05, 0.1) is 0 Å². The average Bonchev–Trinajstić information content (AvgIpc) is 2.45. The number of aryl methyl sites for hydroxylation is 3. The van der Waals surface area contributed by atoms with Crippen LogP contribution in [0.4, 0.5) is 0 Å². The van der Waals surface area contributed by atoms with Crippen molar-refractivity contribution in [2.24, 2.45) is 0 Å². The van der Waals surface area contributed by atoms with E-state index in [0.29, 0.717) is 0 Å². The van der Waals surface area contributed by atoms with E-state index in [0.717, 1.165) is 0 Å². The second-order valence-corrected chi connectivity index (χ2v) is 5.83. The Morgan fingerprint density at radius 1 is 0.737 bits per heavy atom. The molecule has 0 atom stereocenters. The zero-order valence-electron chi connectivity index (χ0n) is 11.4. The molecule has 0 fully saturated rings. The van der Waals surface area contributed by atoms with Crippen LogP contribution in [-0.4, -0.2) is 0 Å². The zero-order chi connectivity index (χ0) is 12.8. The van der Waals surface area contributed by atoms with Crippen LogP contribution in [0, 0.1) is 6.92 Å². The van der Waals surface area contributed by atoms with Crippen LogP contribution in [0.5, 0.6) is 0 Å². The van der Waals surface area contributed by atoms with Crippen LogP contribution in [0.1, 0.15) is 29.5 Å². The van der Waals surface area contributed by atoms with Gasteiger partial charge in [0.2, 0.25) is 0 Å². The smallest absolute Gasteiger partial charge is 0.0143 e. The molecule has 1 aliphatic carbocycles. The molecule has 0 unspecified atom stereocenters. The quantitative estimate of drug-likeness (QED) is 0.479. The van der Waals surface area contributed by atoms with Crippen LogP contribution in [0.25, 0.3) is 21.5 Å². The summed E-state index contributed by atoms with van der Waals surface area (Å²) in [5.74, 6) is 0. The second-order valence-electron chi connectivity index (χ2n) is 5.83. The summed E-state index contributed by atoms with van der Waals surface area (Å²) >= 11 is 0. The maximum absolute atomic E-state index is 2.40. The van der Waals surface area contributed by atoms with E-state index in [9.17, 15) is 0 Å². The number of hydrogen-bond acceptors (Lipinski definition) is 0. The highest BCUT2D eigenvalue weighted by molar-refractivity contribution is 6.00. The van der Waals surface area contributed by atoms with Crippen LogP contribution in [0.3, 0.4) is 0 Å². The van der Waals surface area contributed by atoms with E-state index in [2.05, 4.69) is 49.4 Å². The molecule has 0 heteroatoms. The Morgan fingerprint density at radius 2 is 1.58 bits per heavy atom. The molecule has 94 valence electrons. The second kappa shape index (κ2) is 4.09. The third-order valence-electron chi connectivity index (χ3n) is 4.46. The van der Waals surface area contributed by atoms with Gasteiger partial charge in [-0.15, -0.1) is 0 Å². The van der Waals surface area contributed by atoms with Gasteiger partial charge in [0.1, 0.15) is 0 Å². The molecule has 3 aromatic rings. The lowest BCUT2D eigenvalue weighted by Crippen LogP contribution is -2.02. The Labute approximate surface area is 114 Å². The molecule has 4 rings (SSSR count). The Hall–Kier alpha value is -1.82. The van der Waals surface area contributed by atoms with Gasteiger partial charge in [-0.2, -0.15) is 0 Å². The Balaban J connectivity index is 2.09. The molecule has 0 aromatic heterocycles. The number of hydrogen-bond donors (Lipinski definition) is 0. The highest BCUT2D eigenvalue weighted by Gasteiger charge is 2.12. The molecule has 0 nitrogen and oxygen atoms in total. The van der Waals surface area contributed by atoms with Crippen LogP contribution < -0.4 is 0 Å². The number of fused-ring (bicyclic) bond motifs is 4. The van der Waals surface area contributed by atoms with Gasteiger partial charge >= 0.3 is 0 Å². The summed E-state index contributed by atoms with van der Waals surface area (Å²) in [4.78, 5) is 0. The van der Waals surface area contributed by atoms with Crippen molar-refractivity contribution in [3.63, 3.8) is 0 Å². The van der Waals surface area contributed by atoms with Crippen molar-refractivity contribution < 1.29 is 0 Å². The van der Waals surface area contributed by atoms with Crippen molar-refractivity contribution in [1.82, 2.24) is 0 Å². The highest BCUT2D eigenvalue weighted by atomic mass is 14.2. The van der Waals surface area contributed by atoms with E-state index in [1.807, 2.05) is 0 Å². The van der Waals surface area contributed by atoms with Crippen molar-refractivity contribution in [3.8, 4) is 0 Å². The molecule has 0 amide bonds. The molecule has 0 bridgehead atoms. The monoisotopic (exact) mass is 246 g/mol. The molecule has 0 radical (unpaired) electrons. The minimum Gasteiger partial charge on any atom is -0.0587 e. The van der Waals surface area contributed by atoms with Crippen LogP contribution in [0.2, 0.25) is 0 Å². The summed E-state index contributed by atoms with van der Waals surface area (Å²) in [6, 6.07) is 16.2. The predicted molar refractivity (Wildman–Crippen MR) is 82.8 cm³/mol. The summed E-state index contributed by atoms with van der Waals surface area (Å²) in [7, 11) is 0. The van der Waals surface area contributed by atoms with Gasteiger partial charge in [-0.25, -0.2) is 0 Å². The van der Waals surface area contributed by atoms with Gasteiger partial charge in [-0.05, 0) is 77.4 Å². The fourth-order valence-corrected chi connectivity index (χ4v) is 3.44. The lowest BCUT2D eigenvalue weighted by Gasteiger charge is -2.18. The SMILES string of the molecule is Cc1ccc2cc3c4c(ccc3cc2c1)CCCC4. The van der Waals surface area contributed by atoms with Crippen molar-refractivity contribution in [2.75, 3.05) is 0 Å². The van der Waals surface area contributed by atoms with Gasteiger partial charge in [0.15, 0.2) is 0 Å². The molecule has 0 aliphatic heterocycles. The lowest BCUT2D eigenvalue weighted by atomic mass is 9.87. The molecule has 1 aliphatic rings. The molecule has 3 aromatic carbocycles. The van der Waals surface area contributed by atoms with Crippen molar-refractivity contribution in [2.45, 2.75) is 32.6 Å². The van der Waals surface area contributed by atoms with Crippen LogP contribution in [-0.2, 0) is 12.8 Å². The average molecular weight is 246 g/mol. The van der Waals surface area contributed by atoms with Crippen molar-refractivity contribution >= 4 is 21.5 Å². The summed E-state index contributed by atoms with van der Waals surface area (Å²) < 4.78 is 0. The molecule has 0 spiro atoms.